The van der Waals surface area contributed by atoms with Crippen molar-refractivity contribution in [2.24, 2.45) is 5.10 Å². The molecule has 3 aromatic rings. The van der Waals surface area contributed by atoms with Crippen LogP contribution in [0, 0.1) is 6.92 Å². The number of amides is 1. The van der Waals surface area contributed by atoms with Crippen LogP contribution in [0.25, 0.3) is 0 Å². The number of rotatable bonds is 9. The fraction of sp³-hybridized carbons (Fsp3) is 0.167. The average molecular weight is 486 g/mol. The number of anilines is 1. The fourth-order valence-electron chi connectivity index (χ4n) is 2.95. The van der Waals surface area contributed by atoms with Gasteiger partial charge in [-0.15, -0.1) is 0 Å². The number of carbonyl (C=O) groups is 1. The zero-order chi connectivity index (χ0) is 23.8. The van der Waals surface area contributed by atoms with Gasteiger partial charge in [-0.2, -0.15) is 5.10 Å². The summed E-state index contributed by atoms with van der Waals surface area (Å²) in [5.74, 6) is 0.130. The normalized spacial score (nSPS) is 11.4. The lowest BCUT2D eigenvalue weighted by molar-refractivity contribution is -0.119. The monoisotopic (exact) mass is 485 g/mol. The SMILES string of the molecule is CCOc1ccc(/C=N\NC(=O)CN(c2cccc(Cl)c2)S(=O)(=O)c2ccc(C)cc2)cc1. The van der Waals surface area contributed by atoms with E-state index in [1.54, 1.807) is 54.6 Å². The Morgan fingerprint density at radius 3 is 2.42 bits per heavy atom. The largest absolute Gasteiger partial charge is 0.494 e. The van der Waals surface area contributed by atoms with E-state index in [1.165, 1.54) is 24.4 Å². The number of hydrogen-bond acceptors (Lipinski definition) is 5. The Balaban J connectivity index is 1.78. The van der Waals surface area contributed by atoms with Crippen molar-refractivity contribution in [3.63, 3.8) is 0 Å². The minimum Gasteiger partial charge on any atom is -0.494 e. The Labute approximate surface area is 198 Å². The number of benzene rings is 3. The van der Waals surface area contributed by atoms with Gasteiger partial charge in [0.1, 0.15) is 12.3 Å². The molecule has 0 spiro atoms. The van der Waals surface area contributed by atoms with E-state index < -0.39 is 22.5 Å². The maximum atomic E-state index is 13.3. The molecule has 172 valence electrons. The van der Waals surface area contributed by atoms with E-state index in [4.69, 9.17) is 16.3 Å². The highest BCUT2D eigenvalue weighted by Gasteiger charge is 2.27. The quantitative estimate of drug-likeness (QED) is 0.359. The number of hydrogen-bond donors (Lipinski definition) is 1. The van der Waals surface area contributed by atoms with Gasteiger partial charge in [0.05, 0.1) is 23.4 Å². The number of nitrogens with one attached hydrogen (secondary N) is 1. The molecule has 0 fully saturated rings. The molecule has 7 nitrogen and oxygen atoms in total. The summed E-state index contributed by atoms with van der Waals surface area (Å²) >= 11 is 6.07. The van der Waals surface area contributed by atoms with Gasteiger partial charge in [0.15, 0.2) is 0 Å². The summed E-state index contributed by atoms with van der Waals surface area (Å²) < 4.78 is 33.0. The molecule has 0 unspecified atom stereocenters. The molecule has 0 radical (unpaired) electrons. The molecule has 1 N–H and O–H groups in total. The lowest BCUT2D eigenvalue weighted by Crippen LogP contribution is -2.39. The topological polar surface area (TPSA) is 88.1 Å². The van der Waals surface area contributed by atoms with Crippen molar-refractivity contribution in [3.8, 4) is 5.75 Å². The standard InChI is InChI=1S/C24H24ClN3O4S/c1-3-32-22-11-9-19(10-12-22)16-26-27-24(29)17-28(21-6-4-5-20(25)15-21)33(30,31)23-13-7-18(2)8-14-23/h4-16H,3,17H2,1-2H3,(H,27,29)/b26-16-. The highest BCUT2D eigenvalue weighted by molar-refractivity contribution is 7.92. The van der Waals surface area contributed by atoms with Gasteiger partial charge in [0, 0.05) is 5.02 Å². The number of ether oxygens (including phenoxy) is 1. The summed E-state index contributed by atoms with van der Waals surface area (Å²) in [4.78, 5) is 12.7. The van der Waals surface area contributed by atoms with Crippen LogP contribution in [0.5, 0.6) is 5.75 Å². The maximum Gasteiger partial charge on any atom is 0.264 e. The summed E-state index contributed by atoms with van der Waals surface area (Å²) in [6.45, 7) is 3.85. The van der Waals surface area contributed by atoms with E-state index >= 15 is 0 Å². The molecule has 9 heteroatoms. The van der Waals surface area contributed by atoms with Gasteiger partial charge >= 0.3 is 0 Å². The van der Waals surface area contributed by atoms with Crippen LogP contribution in [-0.2, 0) is 14.8 Å². The fourth-order valence-corrected chi connectivity index (χ4v) is 4.54. The summed E-state index contributed by atoms with van der Waals surface area (Å²) in [6, 6.07) is 19.9. The number of nitrogens with zero attached hydrogens (tertiary/aromatic N) is 2. The Kier molecular flexibility index (Phi) is 8.08. The van der Waals surface area contributed by atoms with Crippen LogP contribution in [0.3, 0.4) is 0 Å². The van der Waals surface area contributed by atoms with Crippen LogP contribution >= 0.6 is 11.6 Å². The number of hydrazone groups is 1. The van der Waals surface area contributed by atoms with Crippen LogP contribution in [0.2, 0.25) is 5.02 Å². The second-order valence-electron chi connectivity index (χ2n) is 7.10. The van der Waals surface area contributed by atoms with E-state index in [9.17, 15) is 13.2 Å². The van der Waals surface area contributed by atoms with Crippen molar-refractivity contribution in [1.29, 1.82) is 0 Å². The van der Waals surface area contributed by atoms with Gasteiger partial charge in [0.25, 0.3) is 15.9 Å². The van der Waals surface area contributed by atoms with Gasteiger partial charge in [0.2, 0.25) is 0 Å². The first-order chi connectivity index (χ1) is 15.8. The molecule has 0 aliphatic rings. The summed E-state index contributed by atoms with van der Waals surface area (Å²) in [6.07, 6.45) is 1.46. The molecule has 0 saturated heterocycles. The lowest BCUT2D eigenvalue weighted by atomic mass is 10.2. The van der Waals surface area contributed by atoms with Gasteiger partial charge in [-0.1, -0.05) is 35.4 Å². The van der Waals surface area contributed by atoms with Gasteiger partial charge in [-0.25, -0.2) is 13.8 Å². The number of halogens is 1. The number of carbonyl (C=O) groups excluding carboxylic acids is 1. The highest BCUT2D eigenvalue weighted by atomic mass is 35.5. The highest BCUT2D eigenvalue weighted by Crippen LogP contribution is 2.26. The van der Waals surface area contributed by atoms with Crippen molar-refractivity contribution >= 4 is 39.4 Å². The maximum absolute atomic E-state index is 13.3. The number of sulfonamides is 1. The molecule has 33 heavy (non-hydrogen) atoms. The molecule has 0 aliphatic carbocycles. The zero-order valence-corrected chi connectivity index (χ0v) is 19.8. The van der Waals surface area contributed by atoms with E-state index in [2.05, 4.69) is 10.5 Å². The molecule has 0 saturated carbocycles. The minimum absolute atomic E-state index is 0.0683. The molecule has 1 amide bonds. The van der Waals surface area contributed by atoms with E-state index in [0.717, 1.165) is 21.2 Å². The number of aryl methyl sites for hydroxylation is 1. The van der Waals surface area contributed by atoms with Crippen molar-refractivity contribution in [3.05, 3.63) is 88.9 Å². The summed E-state index contributed by atoms with van der Waals surface area (Å²) in [7, 11) is -4.02. The summed E-state index contributed by atoms with van der Waals surface area (Å²) in [5, 5.41) is 4.29. The van der Waals surface area contributed by atoms with E-state index in [1.807, 2.05) is 13.8 Å². The van der Waals surface area contributed by atoms with Crippen LogP contribution in [-0.4, -0.2) is 33.7 Å². The third-order valence-corrected chi connectivity index (χ3v) is 6.61. The minimum atomic E-state index is -4.02. The van der Waals surface area contributed by atoms with Crippen LogP contribution < -0.4 is 14.5 Å². The third kappa shape index (κ3) is 6.57. The van der Waals surface area contributed by atoms with Crippen LogP contribution in [0.1, 0.15) is 18.1 Å². The molecule has 0 heterocycles. The molecule has 3 rings (SSSR count). The Bertz CT molecular complexity index is 1230. The molecular weight excluding hydrogens is 462 g/mol. The predicted octanol–water partition coefficient (Wildman–Crippen LogP) is 4.39. The lowest BCUT2D eigenvalue weighted by Gasteiger charge is -2.24. The second-order valence-corrected chi connectivity index (χ2v) is 9.40. The summed E-state index contributed by atoms with van der Waals surface area (Å²) in [5.41, 5.74) is 4.32. The Hall–Kier alpha value is -3.36. The molecule has 0 atom stereocenters. The zero-order valence-electron chi connectivity index (χ0n) is 18.2. The van der Waals surface area contributed by atoms with Gasteiger partial charge in [-0.05, 0) is 74.0 Å². The first-order valence-corrected chi connectivity index (χ1v) is 12.0. The van der Waals surface area contributed by atoms with E-state index in [-0.39, 0.29) is 10.6 Å². The molecular formula is C24H24ClN3O4S. The van der Waals surface area contributed by atoms with Crippen LogP contribution in [0.15, 0.2) is 82.8 Å². The predicted molar refractivity (Wildman–Crippen MR) is 131 cm³/mol. The third-order valence-electron chi connectivity index (χ3n) is 4.59. The van der Waals surface area contributed by atoms with Gasteiger partial charge in [-0.3, -0.25) is 9.10 Å². The smallest absolute Gasteiger partial charge is 0.264 e. The molecule has 0 aromatic heterocycles. The van der Waals surface area contributed by atoms with Crippen LogP contribution in [0.4, 0.5) is 5.69 Å². The van der Waals surface area contributed by atoms with E-state index in [0.29, 0.717) is 11.6 Å². The molecule has 3 aromatic carbocycles. The first-order valence-electron chi connectivity index (χ1n) is 10.2. The second kappa shape index (κ2) is 11.0. The van der Waals surface area contributed by atoms with Crippen molar-refractivity contribution in [2.75, 3.05) is 17.5 Å². The molecule has 0 bridgehead atoms. The average Bonchev–Trinajstić information content (AvgIpc) is 2.79. The Morgan fingerprint density at radius 2 is 1.79 bits per heavy atom. The van der Waals surface area contributed by atoms with Crippen molar-refractivity contribution in [1.82, 2.24) is 5.43 Å². The molecule has 0 aliphatic heterocycles. The van der Waals surface area contributed by atoms with Gasteiger partial charge < -0.3 is 4.74 Å². The van der Waals surface area contributed by atoms with Crippen molar-refractivity contribution in [2.45, 2.75) is 18.7 Å². The first kappa shape index (κ1) is 24.3. The Morgan fingerprint density at radius 1 is 1.09 bits per heavy atom. The van der Waals surface area contributed by atoms with Crippen molar-refractivity contribution < 1.29 is 17.9 Å².